The molecule has 0 aliphatic heterocycles. The molecule has 1 heterocycles. The van der Waals surface area contributed by atoms with Crippen LogP contribution in [0.1, 0.15) is 23.2 Å². The molecule has 1 aromatic heterocycles. The van der Waals surface area contributed by atoms with Crippen LogP contribution in [0, 0.1) is 0 Å². The Bertz CT molecular complexity index is 694. The van der Waals surface area contributed by atoms with Gasteiger partial charge in [-0.25, -0.2) is 4.68 Å². The first-order valence-corrected chi connectivity index (χ1v) is 7.10. The van der Waals surface area contributed by atoms with E-state index < -0.39 is 0 Å². The Kier molecular flexibility index (Phi) is 3.81. The van der Waals surface area contributed by atoms with Crippen LogP contribution in [0.15, 0.2) is 41.2 Å². The van der Waals surface area contributed by atoms with Gasteiger partial charge in [-0.3, -0.25) is 9.59 Å². The summed E-state index contributed by atoms with van der Waals surface area (Å²) in [4.78, 5) is 22.7. The highest BCUT2D eigenvalue weighted by Gasteiger charge is 2.20. The monoisotopic (exact) mass is 283 g/mol. The number of rotatable bonds is 4. The van der Waals surface area contributed by atoms with Crippen LogP contribution in [0.25, 0.3) is 0 Å². The molecule has 0 bridgehead atoms. The number of nitrogens with zero attached hydrogens (tertiary/aromatic N) is 2. The maximum atomic E-state index is 12.2. The summed E-state index contributed by atoms with van der Waals surface area (Å²) in [6, 6.07) is 11.6. The van der Waals surface area contributed by atoms with Gasteiger partial charge in [-0.2, -0.15) is 5.10 Å². The van der Waals surface area contributed by atoms with Crippen LogP contribution in [0.3, 0.4) is 0 Å². The van der Waals surface area contributed by atoms with Crippen LogP contribution >= 0.6 is 0 Å². The smallest absolute Gasteiger partial charge is 0.267 e. The van der Waals surface area contributed by atoms with Gasteiger partial charge < -0.3 is 5.32 Å². The first-order valence-electron chi connectivity index (χ1n) is 7.10. The summed E-state index contributed by atoms with van der Waals surface area (Å²) >= 11 is 0. The molecule has 1 aliphatic rings. The standard InChI is InChI=1S/C16H17N3O2/c20-11-17-14-6-7-15-13(8-14)9-16(21)19(18-15)10-12-4-2-1-3-5-12/h1-5,9,11,14H,6-8,10H2,(H,17,20). The van der Waals surface area contributed by atoms with Gasteiger partial charge in [-0.05, 0) is 30.4 Å². The Morgan fingerprint density at radius 1 is 1.33 bits per heavy atom. The Hall–Kier alpha value is -2.43. The predicted molar refractivity (Wildman–Crippen MR) is 79.1 cm³/mol. The summed E-state index contributed by atoms with van der Waals surface area (Å²) in [5, 5.41) is 7.27. The largest absolute Gasteiger partial charge is 0.356 e. The fourth-order valence-electron chi connectivity index (χ4n) is 2.74. The van der Waals surface area contributed by atoms with Crippen molar-refractivity contribution >= 4 is 6.41 Å². The lowest BCUT2D eigenvalue weighted by molar-refractivity contribution is -0.110. The Balaban J connectivity index is 1.85. The van der Waals surface area contributed by atoms with E-state index in [4.69, 9.17) is 0 Å². The third-order valence-electron chi connectivity index (χ3n) is 3.84. The van der Waals surface area contributed by atoms with Crippen LogP contribution in [0.5, 0.6) is 0 Å². The molecule has 0 fully saturated rings. The highest BCUT2D eigenvalue weighted by Crippen LogP contribution is 2.17. The minimum atomic E-state index is -0.0932. The van der Waals surface area contributed by atoms with Crippen molar-refractivity contribution < 1.29 is 4.79 Å². The molecule has 1 unspecified atom stereocenters. The minimum Gasteiger partial charge on any atom is -0.356 e. The molecule has 2 aromatic rings. The van der Waals surface area contributed by atoms with E-state index in [-0.39, 0.29) is 11.6 Å². The van der Waals surface area contributed by atoms with E-state index in [0.29, 0.717) is 13.0 Å². The number of benzene rings is 1. The number of carbonyl (C=O) groups is 1. The number of fused-ring (bicyclic) bond motifs is 1. The van der Waals surface area contributed by atoms with Gasteiger partial charge in [0.15, 0.2) is 0 Å². The van der Waals surface area contributed by atoms with Crippen molar-refractivity contribution in [2.75, 3.05) is 0 Å². The van der Waals surface area contributed by atoms with Gasteiger partial charge in [-0.1, -0.05) is 30.3 Å². The van der Waals surface area contributed by atoms with E-state index in [1.54, 1.807) is 6.07 Å². The maximum Gasteiger partial charge on any atom is 0.267 e. The molecule has 5 heteroatoms. The maximum absolute atomic E-state index is 12.2. The minimum absolute atomic E-state index is 0.0932. The molecule has 21 heavy (non-hydrogen) atoms. The zero-order valence-electron chi connectivity index (χ0n) is 11.7. The van der Waals surface area contributed by atoms with Crippen molar-refractivity contribution in [1.82, 2.24) is 15.1 Å². The molecule has 108 valence electrons. The van der Waals surface area contributed by atoms with E-state index in [2.05, 4.69) is 10.4 Å². The number of hydrogen-bond acceptors (Lipinski definition) is 3. The average Bonchev–Trinajstić information content (AvgIpc) is 2.50. The van der Waals surface area contributed by atoms with Crippen LogP contribution in [-0.4, -0.2) is 22.2 Å². The Labute approximate surface area is 122 Å². The Morgan fingerprint density at radius 3 is 2.90 bits per heavy atom. The zero-order valence-corrected chi connectivity index (χ0v) is 11.7. The quantitative estimate of drug-likeness (QED) is 0.848. The average molecular weight is 283 g/mol. The zero-order chi connectivity index (χ0) is 14.7. The van der Waals surface area contributed by atoms with Crippen LogP contribution < -0.4 is 10.9 Å². The molecular weight excluding hydrogens is 266 g/mol. The van der Waals surface area contributed by atoms with E-state index >= 15 is 0 Å². The molecule has 1 N–H and O–H groups in total. The first kappa shape index (κ1) is 13.5. The summed E-state index contributed by atoms with van der Waals surface area (Å²) in [5.41, 5.74) is 2.89. The number of nitrogens with one attached hydrogen (secondary N) is 1. The van der Waals surface area contributed by atoms with Gasteiger partial charge in [0.1, 0.15) is 0 Å². The van der Waals surface area contributed by atoms with Crippen molar-refractivity contribution in [2.24, 2.45) is 0 Å². The summed E-state index contributed by atoms with van der Waals surface area (Å²) in [6.45, 7) is 0.489. The van der Waals surface area contributed by atoms with Gasteiger partial charge in [0.05, 0.1) is 12.2 Å². The number of amides is 1. The summed E-state index contributed by atoms with van der Waals surface area (Å²) in [6.07, 6.45) is 3.06. The lowest BCUT2D eigenvalue weighted by atomic mass is 9.92. The van der Waals surface area contributed by atoms with Crippen molar-refractivity contribution in [3.05, 3.63) is 63.6 Å². The van der Waals surface area contributed by atoms with Gasteiger partial charge in [0.25, 0.3) is 5.56 Å². The first-order chi connectivity index (χ1) is 10.3. The second-order valence-electron chi connectivity index (χ2n) is 5.32. The van der Waals surface area contributed by atoms with Gasteiger partial charge in [-0.15, -0.1) is 0 Å². The molecule has 5 nitrogen and oxygen atoms in total. The van der Waals surface area contributed by atoms with E-state index in [1.807, 2.05) is 30.3 Å². The van der Waals surface area contributed by atoms with Crippen LogP contribution in [0.2, 0.25) is 0 Å². The van der Waals surface area contributed by atoms with Gasteiger partial charge >= 0.3 is 0 Å². The topological polar surface area (TPSA) is 64.0 Å². The SMILES string of the molecule is O=CNC1CCc2nn(Cc3ccccc3)c(=O)cc2C1. The third-order valence-corrected chi connectivity index (χ3v) is 3.84. The molecular formula is C16H17N3O2. The number of aryl methyl sites for hydroxylation is 1. The number of aromatic nitrogens is 2. The van der Waals surface area contributed by atoms with Crippen LogP contribution in [-0.2, 0) is 24.2 Å². The second kappa shape index (κ2) is 5.91. The van der Waals surface area contributed by atoms with Crippen molar-refractivity contribution in [3.63, 3.8) is 0 Å². The highest BCUT2D eigenvalue weighted by atomic mass is 16.1. The second-order valence-corrected chi connectivity index (χ2v) is 5.32. The van der Waals surface area contributed by atoms with E-state index in [1.165, 1.54) is 4.68 Å². The molecule has 1 amide bonds. The fraction of sp³-hybridized carbons (Fsp3) is 0.312. The summed E-state index contributed by atoms with van der Waals surface area (Å²) < 4.78 is 1.52. The number of hydrogen-bond donors (Lipinski definition) is 1. The van der Waals surface area contributed by atoms with E-state index in [9.17, 15) is 9.59 Å². The third kappa shape index (κ3) is 3.02. The molecule has 0 saturated heterocycles. The molecule has 1 aromatic carbocycles. The normalized spacial score (nSPS) is 17.0. The molecule has 0 radical (unpaired) electrons. The van der Waals surface area contributed by atoms with Crippen molar-refractivity contribution in [1.29, 1.82) is 0 Å². The molecule has 3 rings (SSSR count). The lowest BCUT2D eigenvalue weighted by Crippen LogP contribution is -2.36. The van der Waals surface area contributed by atoms with Gasteiger partial charge in [0.2, 0.25) is 6.41 Å². The molecule has 0 spiro atoms. The van der Waals surface area contributed by atoms with E-state index in [0.717, 1.165) is 36.1 Å². The fourth-order valence-corrected chi connectivity index (χ4v) is 2.74. The lowest BCUT2D eigenvalue weighted by Gasteiger charge is -2.23. The van der Waals surface area contributed by atoms with Crippen molar-refractivity contribution in [3.8, 4) is 0 Å². The van der Waals surface area contributed by atoms with Crippen molar-refractivity contribution in [2.45, 2.75) is 31.8 Å². The Morgan fingerprint density at radius 2 is 2.14 bits per heavy atom. The summed E-state index contributed by atoms with van der Waals surface area (Å²) in [5.74, 6) is 0. The molecule has 1 atom stereocenters. The van der Waals surface area contributed by atoms with Gasteiger partial charge in [0, 0.05) is 12.1 Å². The predicted octanol–water partition coefficient (Wildman–Crippen LogP) is 0.895. The van der Waals surface area contributed by atoms with Crippen LogP contribution in [0.4, 0.5) is 0 Å². The molecule has 1 aliphatic carbocycles. The highest BCUT2D eigenvalue weighted by molar-refractivity contribution is 5.47. The number of carbonyl (C=O) groups excluding carboxylic acids is 1. The molecule has 0 saturated carbocycles. The summed E-state index contributed by atoms with van der Waals surface area (Å²) in [7, 11) is 0.